The van der Waals surface area contributed by atoms with E-state index in [0.29, 0.717) is 18.8 Å². The monoisotopic (exact) mass is 334 g/mol. The quantitative estimate of drug-likeness (QED) is 0.857. The standard InChI is InChI=1S/C15H18N4O3S/c1-18-7-11(6-16-18)8-19-9-12-14(10-19)22-13-4-2-3-5-15(13)23(20,21)17-12/h2-7,12,14,17H,8-10H2,1H3. The van der Waals surface area contributed by atoms with Crippen molar-refractivity contribution in [2.24, 2.45) is 7.05 Å². The smallest absolute Gasteiger partial charge is 0.244 e. The highest BCUT2D eigenvalue weighted by Crippen LogP contribution is 2.30. The van der Waals surface area contributed by atoms with Crippen LogP contribution in [0.1, 0.15) is 5.56 Å². The van der Waals surface area contributed by atoms with Gasteiger partial charge in [-0.2, -0.15) is 5.10 Å². The topological polar surface area (TPSA) is 76.5 Å². The lowest BCUT2D eigenvalue weighted by Gasteiger charge is -2.16. The van der Waals surface area contributed by atoms with Gasteiger partial charge < -0.3 is 4.74 Å². The largest absolute Gasteiger partial charge is 0.486 e. The van der Waals surface area contributed by atoms with Gasteiger partial charge in [-0.05, 0) is 12.1 Å². The Bertz CT molecular complexity index is 833. The predicted octanol–water partition coefficient (Wildman–Crippen LogP) is 0.344. The predicted molar refractivity (Wildman–Crippen MR) is 83.5 cm³/mol. The maximum absolute atomic E-state index is 12.5. The van der Waals surface area contributed by atoms with Crippen LogP contribution in [0.3, 0.4) is 0 Å². The van der Waals surface area contributed by atoms with Crippen molar-refractivity contribution in [3.05, 3.63) is 42.2 Å². The van der Waals surface area contributed by atoms with Gasteiger partial charge >= 0.3 is 0 Å². The zero-order valence-corrected chi connectivity index (χ0v) is 13.5. The maximum Gasteiger partial charge on any atom is 0.244 e. The van der Waals surface area contributed by atoms with Crippen LogP contribution >= 0.6 is 0 Å². The lowest BCUT2D eigenvalue weighted by molar-refractivity contribution is 0.184. The summed E-state index contributed by atoms with van der Waals surface area (Å²) in [5.41, 5.74) is 1.10. The molecule has 0 amide bonds. The second-order valence-corrected chi connectivity index (χ2v) is 7.73. The normalized spacial score (nSPS) is 26.1. The number of hydrogen-bond donors (Lipinski definition) is 1. The van der Waals surface area contributed by atoms with Crippen molar-refractivity contribution in [3.8, 4) is 5.75 Å². The first-order valence-electron chi connectivity index (χ1n) is 7.49. The summed E-state index contributed by atoms with van der Waals surface area (Å²) in [5, 5.41) is 4.16. The Morgan fingerprint density at radius 1 is 1.35 bits per heavy atom. The molecule has 0 radical (unpaired) electrons. The minimum atomic E-state index is -3.54. The number of aromatic nitrogens is 2. The van der Waals surface area contributed by atoms with E-state index < -0.39 is 10.0 Å². The van der Waals surface area contributed by atoms with E-state index in [1.165, 1.54) is 0 Å². The molecule has 0 bridgehead atoms. The van der Waals surface area contributed by atoms with Crippen LogP contribution in [0, 0.1) is 0 Å². The maximum atomic E-state index is 12.5. The fourth-order valence-electron chi connectivity index (χ4n) is 3.22. The molecule has 2 aliphatic heterocycles. The highest BCUT2D eigenvalue weighted by Gasteiger charge is 2.41. The second-order valence-electron chi connectivity index (χ2n) is 6.05. The van der Waals surface area contributed by atoms with Crippen molar-refractivity contribution in [1.82, 2.24) is 19.4 Å². The van der Waals surface area contributed by atoms with Crippen LogP contribution in [0.25, 0.3) is 0 Å². The van der Waals surface area contributed by atoms with Crippen LogP contribution in [0.15, 0.2) is 41.6 Å². The van der Waals surface area contributed by atoms with Gasteiger partial charge in [-0.1, -0.05) is 12.1 Å². The minimum Gasteiger partial charge on any atom is -0.486 e. The number of likely N-dealkylation sites (tertiary alicyclic amines) is 1. The molecule has 1 aromatic carbocycles. The zero-order valence-electron chi connectivity index (χ0n) is 12.7. The van der Waals surface area contributed by atoms with Crippen LogP contribution in [0.5, 0.6) is 5.75 Å². The second kappa shape index (κ2) is 5.33. The van der Waals surface area contributed by atoms with Crippen LogP contribution in [-0.2, 0) is 23.6 Å². The summed E-state index contributed by atoms with van der Waals surface area (Å²) in [4.78, 5) is 2.40. The number of aryl methyl sites for hydroxylation is 1. The molecule has 2 aliphatic rings. The van der Waals surface area contributed by atoms with E-state index >= 15 is 0 Å². The van der Waals surface area contributed by atoms with E-state index in [9.17, 15) is 8.42 Å². The van der Waals surface area contributed by atoms with Crippen LogP contribution in [0.4, 0.5) is 0 Å². The Labute approximate surface area is 134 Å². The molecule has 0 spiro atoms. The number of ether oxygens (including phenoxy) is 1. The molecule has 1 aromatic heterocycles. The Hall–Kier alpha value is -1.90. The van der Waals surface area contributed by atoms with Crippen molar-refractivity contribution in [3.63, 3.8) is 0 Å². The Balaban J connectivity index is 1.57. The third kappa shape index (κ3) is 2.73. The Morgan fingerprint density at radius 2 is 2.17 bits per heavy atom. The van der Waals surface area contributed by atoms with Crippen LogP contribution < -0.4 is 9.46 Å². The number of rotatable bonds is 2. The summed E-state index contributed by atoms with van der Waals surface area (Å²) in [5.74, 6) is 0.427. The molecule has 2 aromatic rings. The number of fused-ring (bicyclic) bond motifs is 2. The average Bonchev–Trinajstić information content (AvgIpc) is 3.03. The SMILES string of the molecule is Cn1cc(CN2CC3NS(=O)(=O)c4ccccc4OC3C2)cn1. The summed E-state index contributed by atoms with van der Waals surface area (Å²) in [6.07, 6.45) is 3.60. The summed E-state index contributed by atoms with van der Waals surface area (Å²) < 4.78 is 35.5. The minimum absolute atomic E-state index is 0.190. The van der Waals surface area contributed by atoms with Gasteiger partial charge in [-0.25, -0.2) is 13.1 Å². The molecular weight excluding hydrogens is 316 g/mol. The van der Waals surface area contributed by atoms with Crippen molar-refractivity contribution in [2.75, 3.05) is 13.1 Å². The summed E-state index contributed by atoms with van der Waals surface area (Å²) in [6, 6.07) is 6.53. The van der Waals surface area contributed by atoms with Gasteiger partial charge in [0.25, 0.3) is 0 Å². The molecule has 0 saturated carbocycles. The molecule has 3 heterocycles. The van der Waals surface area contributed by atoms with Gasteiger partial charge in [0.05, 0.1) is 12.2 Å². The third-order valence-corrected chi connectivity index (χ3v) is 5.76. The number of benzene rings is 1. The lowest BCUT2D eigenvalue weighted by atomic mass is 10.2. The Morgan fingerprint density at radius 3 is 2.96 bits per heavy atom. The summed E-state index contributed by atoms with van der Waals surface area (Å²) >= 11 is 0. The average molecular weight is 334 g/mol. The number of nitrogens with one attached hydrogen (secondary N) is 1. The van der Waals surface area contributed by atoms with Crippen molar-refractivity contribution < 1.29 is 13.2 Å². The Kier molecular flexibility index (Phi) is 3.40. The molecule has 1 fully saturated rings. The van der Waals surface area contributed by atoms with E-state index in [-0.39, 0.29) is 17.0 Å². The molecule has 7 nitrogen and oxygen atoms in total. The van der Waals surface area contributed by atoms with Crippen LogP contribution in [0.2, 0.25) is 0 Å². The van der Waals surface area contributed by atoms with Gasteiger partial charge in [0, 0.05) is 38.4 Å². The van der Waals surface area contributed by atoms with Gasteiger partial charge in [-0.15, -0.1) is 0 Å². The summed E-state index contributed by atoms with van der Waals surface area (Å²) in [6.45, 7) is 2.02. The fourth-order valence-corrected chi connectivity index (χ4v) is 4.61. The fraction of sp³-hybridized carbons (Fsp3) is 0.400. The van der Waals surface area contributed by atoms with E-state index in [2.05, 4.69) is 14.7 Å². The zero-order chi connectivity index (χ0) is 16.0. The number of hydrogen-bond acceptors (Lipinski definition) is 5. The van der Waals surface area contributed by atoms with Gasteiger partial charge in [0.15, 0.2) is 0 Å². The first-order valence-corrected chi connectivity index (χ1v) is 8.97. The van der Waals surface area contributed by atoms with E-state index in [0.717, 1.165) is 12.1 Å². The molecule has 8 heteroatoms. The molecule has 122 valence electrons. The lowest BCUT2D eigenvalue weighted by Crippen LogP contribution is -2.42. The molecule has 2 atom stereocenters. The molecule has 23 heavy (non-hydrogen) atoms. The van der Waals surface area contributed by atoms with Gasteiger partial charge in [0.2, 0.25) is 10.0 Å². The van der Waals surface area contributed by atoms with Gasteiger partial charge in [0.1, 0.15) is 16.7 Å². The molecule has 1 N–H and O–H groups in total. The third-order valence-electron chi connectivity index (χ3n) is 4.23. The van der Waals surface area contributed by atoms with Crippen molar-refractivity contribution in [2.45, 2.75) is 23.6 Å². The first kappa shape index (κ1) is 14.7. The van der Waals surface area contributed by atoms with Crippen molar-refractivity contribution >= 4 is 10.0 Å². The number of nitrogens with zero attached hydrogens (tertiary/aromatic N) is 3. The highest BCUT2D eigenvalue weighted by molar-refractivity contribution is 7.89. The van der Waals surface area contributed by atoms with E-state index in [1.54, 1.807) is 28.9 Å². The molecule has 4 rings (SSSR count). The number of para-hydroxylation sites is 1. The van der Waals surface area contributed by atoms with E-state index in [1.807, 2.05) is 19.4 Å². The molecule has 2 unspecified atom stereocenters. The molecule has 0 aliphatic carbocycles. The van der Waals surface area contributed by atoms with Crippen LogP contribution in [-0.4, -0.2) is 48.3 Å². The van der Waals surface area contributed by atoms with E-state index in [4.69, 9.17) is 4.74 Å². The molecular formula is C15H18N4O3S. The summed E-state index contributed by atoms with van der Waals surface area (Å²) in [7, 11) is -1.66. The number of sulfonamides is 1. The first-order chi connectivity index (χ1) is 11.0. The van der Waals surface area contributed by atoms with Crippen molar-refractivity contribution in [1.29, 1.82) is 0 Å². The van der Waals surface area contributed by atoms with Gasteiger partial charge in [-0.3, -0.25) is 9.58 Å². The highest BCUT2D eigenvalue weighted by atomic mass is 32.2. The molecule has 1 saturated heterocycles.